The minimum atomic E-state index is -0.963. The van der Waals surface area contributed by atoms with Crippen molar-refractivity contribution in [2.24, 2.45) is 0 Å². The van der Waals surface area contributed by atoms with Gasteiger partial charge in [0.15, 0.2) is 0 Å². The summed E-state index contributed by atoms with van der Waals surface area (Å²) >= 11 is 0. The van der Waals surface area contributed by atoms with Crippen molar-refractivity contribution in [2.75, 3.05) is 0 Å². The Kier molecular flexibility index (Phi) is 27.4. The van der Waals surface area contributed by atoms with Crippen LogP contribution in [0, 0.1) is 13.8 Å². The van der Waals surface area contributed by atoms with Gasteiger partial charge in [0.25, 0.3) is 0 Å². The van der Waals surface area contributed by atoms with Crippen LogP contribution in [0.4, 0.5) is 0 Å². The van der Waals surface area contributed by atoms with Gasteiger partial charge >= 0.3 is 44.9 Å². The first kappa shape index (κ1) is 55.6. The molecule has 0 aliphatic heterocycles. The fourth-order valence-electron chi connectivity index (χ4n) is 5.15. The Balaban J connectivity index is 0.000000284. The number of aryl methyl sites for hydroxylation is 2. The second kappa shape index (κ2) is 33.0. The van der Waals surface area contributed by atoms with Gasteiger partial charge in [-0.05, 0) is 110 Å². The van der Waals surface area contributed by atoms with E-state index in [0.29, 0.717) is 23.0 Å². The van der Waals surface area contributed by atoms with E-state index in [1.807, 2.05) is 123 Å². The van der Waals surface area contributed by atoms with Gasteiger partial charge in [-0.2, -0.15) is 6.20 Å². The Labute approximate surface area is 417 Å². The molecule has 2 N–H and O–H groups in total. The van der Waals surface area contributed by atoms with Crippen molar-refractivity contribution in [1.29, 1.82) is 0 Å². The molecule has 0 aromatic carbocycles. The molecule has 0 aliphatic rings. The number of rotatable bonds is 8. The van der Waals surface area contributed by atoms with Gasteiger partial charge in [0, 0.05) is 55.5 Å². The van der Waals surface area contributed by atoms with Crippen LogP contribution in [-0.2, 0) is 45.4 Å². The van der Waals surface area contributed by atoms with Crippen LogP contribution in [0.15, 0.2) is 202 Å². The van der Waals surface area contributed by atoms with Crippen LogP contribution in [0.1, 0.15) is 41.0 Å². The molecule has 9 heterocycles. The number of allylic oxidation sites excluding steroid dienone is 3. The third-order valence-electron chi connectivity index (χ3n) is 8.14. The fourth-order valence-corrected chi connectivity index (χ4v) is 5.15. The van der Waals surface area contributed by atoms with E-state index in [4.69, 9.17) is 10.8 Å². The molecule has 9 rings (SSSR count). The maximum Gasteiger partial charge on any atom is 2.00 e. The van der Waals surface area contributed by atoms with Gasteiger partial charge in [-0.1, -0.05) is 92.8 Å². The quantitative estimate of drug-likeness (QED) is 0.111. The number of carboxylic acids is 1. The summed E-state index contributed by atoms with van der Waals surface area (Å²) in [5.41, 5.74) is 15.4. The number of carboxylic acid groups (broad SMARTS) is 1. The predicted molar refractivity (Wildman–Crippen MR) is 255 cm³/mol. The number of nitrogens with one attached hydrogen (secondary N) is 1. The number of pyridine rings is 7. The SMILES string of the molecule is CC.Cc1ccnc(-c2cc(C)ccn2)c1.O=C(O)c1ccnc(-c2ccccn2)c1.[NH-]/C=C\C=C/Cc1ccccn1.[Ru+2].[Ru+].c1c[n-]c(-c2ncc[n-]2)n1.c1ccc(-c2ccccn2)nc1. The molecule has 0 bridgehead atoms. The van der Waals surface area contributed by atoms with Crippen LogP contribution < -0.4 is 9.97 Å². The van der Waals surface area contributed by atoms with E-state index < -0.39 is 5.97 Å². The number of imidazole rings is 2. The molecule has 16 heteroatoms. The van der Waals surface area contributed by atoms with E-state index in [1.54, 1.807) is 67.8 Å². The largest absolute Gasteiger partial charge is 2.00 e. The van der Waals surface area contributed by atoms with Gasteiger partial charge < -0.3 is 30.8 Å². The van der Waals surface area contributed by atoms with Crippen LogP contribution in [0.3, 0.4) is 0 Å². The number of carbonyl (C=O) groups is 1. The van der Waals surface area contributed by atoms with E-state index in [9.17, 15) is 4.79 Å². The first-order chi connectivity index (χ1) is 31.9. The maximum atomic E-state index is 10.7. The molecule has 9 aromatic rings. The van der Waals surface area contributed by atoms with Crippen LogP contribution in [0.25, 0.3) is 51.5 Å². The number of aromatic nitrogens is 11. The summed E-state index contributed by atoms with van der Waals surface area (Å²) in [5.74, 6) is 0.213. The molecule has 0 fully saturated rings. The molecule has 67 heavy (non-hydrogen) atoms. The van der Waals surface area contributed by atoms with Crippen molar-refractivity contribution in [3.05, 3.63) is 230 Å². The fraction of sp³-hybridized carbons (Fsp3) is 0.0980. The summed E-state index contributed by atoms with van der Waals surface area (Å²) in [6, 6.07) is 33.9. The number of aromatic carboxylic acids is 1. The zero-order chi connectivity index (χ0) is 46.3. The zero-order valence-corrected chi connectivity index (χ0v) is 40.7. The molecule has 0 saturated carbocycles. The van der Waals surface area contributed by atoms with Crippen molar-refractivity contribution < 1.29 is 48.9 Å². The normalized spacial score (nSPS) is 9.67. The Morgan fingerprint density at radius 2 is 0.940 bits per heavy atom. The molecular formula is C51H49N12O2Ru2. The molecule has 14 nitrogen and oxygen atoms in total. The van der Waals surface area contributed by atoms with Gasteiger partial charge in [0.2, 0.25) is 0 Å². The Morgan fingerprint density at radius 3 is 1.31 bits per heavy atom. The first-order valence-electron chi connectivity index (χ1n) is 20.4. The molecule has 0 unspecified atom stereocenters. The average molecular weight is 1060 g/mol. The Bertz CT molecular complexity index is 2600. The van der Waals surface area contributed by atoms with Gasteiger partial charge in [-0.25, -0.2) is 4.79 Å². The van der Waals surface area contributed by atoms with Crippen molar-refractivity contribution in [1.82, 2.24) is 54.8 Å². The minimum Gasteiger partial charge on any atom is -0.705 e. The zero-order valence-electron chi connectivity index (χ0n) is 37.2. The van der Waals surface area contributed by atoms with Gasteiger partial charge in [-0.15, -0.1) is 0 Å². The van der Waals surface area contributed by atoms with E-state index in [1.165, 1.54) is 35.7 Å². The summed E-state index contributed by atoms with van der Waals surface area (Å²) in [5, 5.41) is 8.81. The number of hydrogen-bond donors (Lipinski definition) is 1. The Morgan fingerprint density at radius 1 is 0.522 bits per heavy atom. The van der Waals surface area contributed by atoms with Gasteiger partial charge in [0.1, 0.15) is 0 Å². The average Bonchev–Trinajstić information content (AvgIpc) is 4.12. The summed E-state index contributed by atoms with van der Waals surface area (Å²) in [7, 11) is 0. The van der Waals surface area contributed by atoms with Crippen molar-refractivity contribution in [3.63, 3.8) is 0 Å². The standard InChI is InChI=1S/C12H12N2.C11H8N2O2.C10H8N2.C10H11N2.C6H4N4.C2H6.2Ru/c1-9-3-5-13-11(7-9)12-8-10(2)4-6-14-12;14-11(15)8-4-6-13-10(7-8)9-3-1-2-5-12-9;1-3-7-11-9(5-1)10-6-2-4-8-12-10;11-8-4-1-2-6-10-7-3-5-9-12-10;1-2-8-5(7-1)6-9-3-4-10-6;1-2;;/h3-8H,1-2H3;1-7H,(H,14,15);1-8H;1-5,7-9,11H,6H2;1-4H;1-2H3;;/q;;;-1;-2;;+1;+2/b;;;2-1-,8-4-;;;;. The predicted octanol–water partition coefficient (Wildman–Crippen LogP) is 10.6. The second-order valence-electron chi connectivity index (χ2n) is 12.9. The van der Waals surface area contributed by atoms with Crippen LogP contribution in [0.2, 0.25) is 0 Å². The smallest absolute Gasteiger partial charge is 0.705 e. The number of hydrogen-bond acceptors (Lipinski definition) is 10. The summed E-state index contributed by atoms with van der Waals surface area (Å²) < 4.78 is 0. The molecule has 9 aromatic heterocycles. The van der Waals surface area contributed by atoms with Gasteiger partial charge in [-0.3, -0.25) is 34.9 Å². The van der Waals surface area contributed by atoms with Crippen LogP contribution in [-0.4, -0.2) is 55.9 Å². The second-order valence-corrected chi connectivity index (χ2v) is 12.9. The topological polar surface area (TPSA) is 205 Å². The van der Waals surface area contributed by atoms with E-state index in [0.717, 1.165) is 34.9 Å². The molecule has 0 atom stereocenters. The van der Waals surface area contributed by atoms with E-state index >= 15 is 0 Å². The van der Waals surface area contributed by atoms with Crippen molar-refractivity contribution in [3.8, 4) is 45.8 Å². The van der Waals surface area contributed by atoms with E-state index in [-0.39, 0.29) is 44.5 Å². The maximum absolute atomic E-state index is 10.7. The third kappa shape index (κ3) is 20.9. The van der Waals surface area contributed by atoms with E-state index in [2.05, 4.69) is 68.7 Å². The van der Waals surface area contributed by atoms with Crippen molar-refractivity contribution >= 4 is 5.97 Å². The number of nitrogens with zero attached hydrogens (tertiary/aromatic N) is 11. The monoisotopic (exact) mass is 1070 g/mol. The van der Waals surface area contributed by atoms with Crippen LogP contribution >= 0.6 is 0 Å². The van der Waals surface area contributed by atoms with Gasteiger partial charge in [0.05, 0.1) is 39.7 Å². The molecule has 0 amide bonds. The van der Waals surface area contributed by atoms with Crippen molar-refractivity contribution in [2.45, 2.75) is 34.1 Å². The third-order valence-corrected chi connectivity index (χ3v) is 8.14. The molecule has 0 spiro atoms. The summed E-state index contributed by atoms with van der Waals surface area (Å²) in [6.45, 7) is 8.11. The minimum absolute atomic E-state index is 0. The first-order valence-corrected chi connectivity index (χ1v) is 20.4. The Hall–Kier alpha value is -7.53. The van der Waals surface area contributed by atoms with Crippen LogP contribution in [0.5, 0.6) is 0 Å². The molecule has 0 aliphatic carbocycles. The molecule has 1 radical (unpaired) electrons. The molecular weight excluding hydrogens is 1010 g/mol. The molecule has 341 valence electrons. The summed E-state index contributed by atoms with van der Waals surface area (Å²) in [4.78, 5) is 55.7. The molecule has 0 saturated heterocycles. The summed E-state index contributed by atoms with van der Waals surface area (Å²) in [6.07, 6.45) is 26.1.